The highest BCUT2D eigenvalue weighted by atomic mass is 15.3. The average Bonchev–Trinajstić information content (AvgIpc) is 2.62. The minimum atomic E-state index is 0.563. The van der Waals surface area contributed by atoms with Crippen LogP contribution in [0, 0.1) is 6.92 Å². The van der Waals surface area contributed by atoms with Gasteiger partial charge in [0.2, 0.25) is 0 Å². The molecule has 1 unspecified atom stereocenters. The third-order valence-corrected chi connectivity index (χ3v) is 3.73. The van der Waals surface area contributed by atoms with Gasteiger partial charge in [0.1, 0.15) is 0 Å². The predicted molar refractivity (Wildman–Crippen MR) is 65.0 cm³/mol. The summed E-state index contributed by atoms with van der Waals surface area (Å²) in [5, 5.41) is 4.29. The molecule has 90 valence electrons. The number of hydrogen-bond donors (Lipinski definition) is 1. The summed E-state index contributed by atoms with van der Waals surface area (Å²) < 4.78 is 1.94. The molecule has 4 heteroatoms. The van der Waals surface area contributed by atoms with E-state index in [0.717, 1.165) is 13.1 Å². The Hall–Kier alpha value is -0.870. The Balaban J connectivity index is 2.05. The molecule has 0 radical (unpaired) electrons. The number of aromatic nitrogens is 2. The van der Waals surface area contributed by atoms with Gasteiger partial charge in [0.15, 0.2) is 0 Å². The number of nitrogens with two attached hydrogens (primary N) is 1. The van der Waals surface area contributed by atoms with Crippen LogP contribution in [0.15, 0.2) is 6.20 Å². The maximum Gasteiger partial charge on any atom is 0.0537 e. The van der Waals surface area contributed by atoms with E-state index in [-0.39, 0.29) is 0 Å². The second-order valence-corrected chi connectivity index (χ2v) is 4.73. The number of rotatable bonds is 3. The van der Waals surface area contributed by atoms with Crippen LogP contribution in [-0.2, 0) is 13.6 Å². The van der Waals surface area contributed by atoms with Gasteiger partial charge in [-0.25, -0.2) is 0 Å². The van der Waals surface area contributed by atoms with Crippen molar-refractivity contribution >= 4 is 0 Å². The van der Waals surface area contributed by atoms with Crippen molar-refractivity contribution < 1.29 is 0 Å². The van der Waals surface area contributed by atoms with E-state index in [0.29, 0.717) is 6.04 Å². The fourth-order valence-electron chi connectivity index (χ4n) is 2.45. The van der Waals surface area contributed by atoms with Gasteiger partial charge in [-0.1, -0.05) is 6.42 Å². The first-order valence-electron chi connectivity index (χ1n) is 6.14. The van der Waals surface area contributed by atoms with Crippen molar-refractivity contribution in [2.24, 2.45) is 12.8 Å². The second-order valence-electron chi connectivity index (χ2n) is 4.73. The van der Waals surface area contributed by atoms with Crippen molar-refractivity contribution in [2.75, 3.05) is 13.1 Å². The van der Waals surface area contributed by atoms with Crippen LogP contribution in [0.3, 0.4) is 0 Å². The van der Waals surface area contributed by atoms with Crippen molar-refractivity contribution in [2.45, 2.75) is 38.8 Å². The topological polar surface area (TPSA) is 47.1 Å². The molecule has 1 aromatic heterocycles. The van der Waals surface area contributed by atoms with Crippen LogP contribution < -0.4 is 5.73 Å². The molecule has 0 spiro atoms. The summed E-state index contributed by atoms with van der Waals surface area (Å²) in [5.74, 6) is 0. The normalized spacial score (nSPS) is 22.6. The lowest BCUT2D eigenvalue weighted by Gasteiger charge is -2.34. The third-order valence-electron chi connectivity index (χ3n) is 3.73. The Morgan fingerprint density at radius 2 is 2.31 bits per heavy atom. The molecule has 1 atom stereocenters. The van der Waals surface area contributed by atoms with Crippen molar-refractivity contribution in [1.82, 2.24) is 14.7 Å². The zero-order valence-corrected chi connectivity index (χ0v) is 10.3. The number of piperidine rings is 1. The van der Waals surface area contributed by atoms with E-state index >= 15 is 0 Å². The minimum absolute atomic E-state index is 0.563. The fourth-order valence-corrected chi connectivity index (χ4v) is 2.45. The summed E-state index contributed by atoms with van der Waals surface area (Å²) in [4.78, 5) is 2.51. The number of hydrogen-bond acceptors (Lipinski definition) is 3. The maximum absolute atomic E-state index is 5.83. The summed E-state index contributed by atoms with van der Waals surface area (Å²) in [6, 6.07) is 0.563. The van der Waals surface area contributed by atoms with Gasteiger partial charge < -0.3 is 5.73 Å². The molecule has 1 aliphatic rings. The molecule has 2 rings (SSSR count). The lowest BCUT2D eigenvalue weighted by molar-refractivity contribution is 0.144. The van der Waals surface area contributed by atoms with Crippen LogP contribution in [-0.4, -0.2) is 33.8 Å². The standard InChI is InChI=1S/C12H22N4/c1-10-11(8-14-15(10)2)9-16-6-4-3-5-12(16)7-13/h8,12H,3-7,9,13H2,1-2H3. The molecule has 2 heterocycles. The SMILES string of the molecule is Cc1c(CN2CCCCC2CN)cnn1C. The molecule has 1 saturated heterocycles. The molecule has 2 N–H and O–H groups in total. The van der Waals surface area contributed by atoms with Crippen LogP contribution in [0.5, 0.6) is 0 Å². The van der Waals surface area contributed by atoms with Gasteiger partial charge in [0.25, 0.3) is 0 Å². The highest BCUT2D eigenvalue weighted by Gasteiger charge is 2.21. The molecule has 0 bridgehead atoms. The van der Waals surface area contributed by atoms with E-state index < -0.39 is 0 Å². The van der Waals surface area contributed by atoms with Crippen molar-refractivity contribution in [1.29, 1.82) is 0 Å². The first kappa shape index (κ1) is 11.6. The fraction of sp³-hybridized carbons (Fsp3) is 0.750. The quantitative estimate of drug-likeness (QED) is 0.831. The van der Waals surface area contributed by atoms with Crippen molar-refractivity contribution in [3.63, 3.8) is 0 Å². The Bertz CT molecular complexity index is 345. The zero-order chi connectivity index (χ0) is 11.5. The van der Waals surface area contributed by atoms with Gasteiger partial charge in [-0.3, -0.25) is 9.58 Å². The van der Waals surface area contributed by atoms with Crippen LogP contribution >= 0.6 is 0 Å². The van der Waals surface area contributed by atoms with Crippen molar-refractivity contribution in [3.05, 3.63) is 17.5 Å². The minimum Gasteiger partial charge on any atom is -0.329 e. The van der Waals surface area contributed by atoms with Gasteiger partial charge in [-0.05, 0) is 26.3 Å². The van der Waals surface area contributed by atoms with Gasteiger partial charge in [-0.15, -0.1) is 0 Å². The highest BCUT2D eigenvalue weighted by Crippen LogP contribution is 2.19. The number of aryl methyl sites for hydroxylation is 1. The summed E-state index contributed by atoms with van der Waals surface area (Å²) in [5.41, 5.74) is 8.43. The summed E-state index contributed by atoms with van der Waals surface area (Å²) in [7, 11) is 2.00. The molecular formula is C12H22N4. The Labute approximate surface area is 97.4 Å². The van der Waals surface area contributed by atoms with Crippen LogP contribution in [0.25, 0.3) is 0 Å². The van der Waals surface area contributed by atoms with Gasteiger partial charge >= 0.3 is 0 Å². The Kier molecular flexibility index (Phi) is 3.61. The van der Waals surface area contributed by atoms with E-state index in [2.05, 4.69) is 16.9 Å². The highest BCUT2D eigenvalue weighted by molar-refractivity contribution is 5.15. The van der Waals surface area contributed by atoms with E-state index in [1.54, 1.807) is 0 Å². The largest absolute Gasteiger partial charge is 0.329 e. The van der Waals surface area contributed by atoms with Crippen LogP contribution in [0.4, 0.5) is 0 Å². The smallest absolute Gasteiger partial charge is 0.0537 e. The van der Waals surface area contributed by atoms with Gasteiger partial charge in [0, 0.05) is 37.4 Å². The molecule has 1 fully saturated rings. The monoisotopic (exact) mass is 222 g/mol. The number of nitrogens with zero attached hydrogens (tertiary/aromatic N) is 3. The van der Waals surface area contributed by atoms with Gasteiger partial charge in [-0.2, -0.15) is 5.10 Å². The van der Waals surface area contributed by atoms with E-state index in [1.807, 2.05) is 17.9 Å². The molecule has 1 aromatic rings. The van der Waals surface area contributed by atoms with E-state index in [1.165, 1.54) is 37.1 Å². The van der Waals surface area contributed by atoms with Gasteiger partial charge in [0.05, 0.1) is 6.20 Å². The average molecular weight is 222 g/mol. The second kappa shape index (κ2) is 4.97. The first-order chi connectivity index (χ1) is 7.72. The summed E-state index contributed by atoms with van der Waals surface area (Å²) in [6.07, 6.45) is 5.85. The third kappa shape index (κ3) is 2.28. The van der Waals surface area contributed by atoms with Crippen LogP contribution in [0.1, 0.15) is 30.5 Å². The molecule has 16 heavy (non-hydrogen) atoms. The Morgan fingerprint density at radius 3 is 2.94 bits per heavy atom. The lowest BCUT2D eigenvalue weighted by Crippen LogP contribution is -2.43. The molecule has 0 amide bonds. The molecule has 0 aliphatic carbocycles. The van der Waals surface area contributed by atoms with Crippen LogP contribution in [0.2, 0.25) is 0 Å². The van der Waals surface area contributed by atoms with E-state index in [9.17, 15) is 0 Å². The summed E-state index contributed by atoms with van der Waals surface area (Å²) in [6.45, 7) is 5.08. The molecular weight excluding hydrogens is 200 g/mol. The number of likely N-dealkylation sites (tertiary alicyclic amines) is 1. The molecule has 4 nitrogen and oxygen atoms in total. The zero-order valence-electron chi connectivity index (χ0n) is 10.3. The Morgan fingerprint density at radius 1 is 1.50 bits per heavy atom. The molecule has 0 aromatic carbocycles. The maximum atomic E-state index is 5.83. The van der Waals surface area contributed by atoms with Crippen molar-refractivity contribution in [3.8, 4) is 0 Å². The summed E-state index contributed by atoms with van der Waals surface area (Å²) >= 11 is 0. The first-order valence-corrected chi connectivity index (χ1v) is 6.14. The molecule has 0 saturated carbocycles. The predicted octanol–water partition coefficient (Wildman–Crippen LogP) is 1.04. The lowest BCUT2D eigenvalue weighted by atomic mass is 10.0. The molecule has 1 aliphatic heterocycles. The van der Waals surface area contributed by atoms with E-state index in [4.69, 9.17) is 5.73 Å².